The fraction of sp³-hybridized carbons (Fsp3) is 0.333. The summed E-state index contributed by atoms with van der Waals surface area (Å²) in [6, 6.07) is 12.5. The lowest BCUT2D eigenvalue weighted by Gasteiger charge is -2.30. The number of benzene rings is 2. The summed E-state index contributed by atoms with van der Waals surface area (Å²) in [6.07, 6.45) is 1.14. The van der Waals surface area contributed by atoms with Crippen LogP contribution in [0, 0.1) is 5.82 Å². The monoisotopic (exact) mass is 431 g/mol. The molecule has 9 heteroatoms. The average molecular weight is 431 g/mol. The average Bonchev–Trinajstić information content (AvgIpc) is 3.25. The number of aromatic nitrogens is 2. The molecule has 7 nitrogen and oxygen atoms in total. The molecule has 0 saturated carbocycles. The smallest absolute Gasteiger partial charge is 0.246 e. The molecule has 0 spiro atoms. The Morgan fingerprint density at radius 2 is 1.83 bits per heavy atom. The Morgan fingerprint density at radius 1 is 1.13 bits per heavy atom. The van der Waals surface area contributed by atoms with Crippen LogP contribution in [-0.2, 0) is 10.0 Å². The van der Waals surface area contributed by atoms with Crippen molar-refractivity contribution in [2.24, 2.45) is 0 Å². The highest BCUT2D eigenvalue weighted by molar-refractivity contribution is 7.89. The zero-order chi connectivity index (χ0) is 21.1. The third kappa shape index (κ3) is 4.08. The summed E-state index contributed by atoms with van der Waals surface area (Å²) >= 11 is 0. The van der Waals surface area contributed by atoms with E-state index in [-0.39, 0.29) is 16.6 Å². The number of rotatable bonds is 6. The number of hydrogen-bond donors (Lipinski definition) is 0. The fourth-order valence-corrected chi connectivity index (χ4v) is 5.14. The maximum absolute atomic E-state index is 13.1. The Kier molecular flexibility index (Phi) is 5.83. The van der Waals surface area contributed by atoms with Gasteiger partial charge in [-0.3, -0.25) is 0 Å². The van der Waals surface area contributed by atoms with E-state index in [1.165, 1.54) is 16.4 Å². The normalized spacial score (nSPS) is 15.9. The predicted molar refractivity (Wildman–Crippen MR) is 108 cm³/mol. The number of hydrogen-bond acceptors (Lipinski definition) is 6. The molecule has 0 bridgehead atoms. The molecule has 0 N–H and O–H groups in total. The number of para-hydroxylation sites is 1. The number of piperidine rings is 1. The number of nitrogens with zero attached hydrogens (tertiary/aromatic N) is 3. The Labute approximate surface area is 174 Å². The molecule has 30 heavy (non-hydrogen) atoms. The largest absolute Gasteiger partial charge is 0.492 e. The van der Waals surface area contributed by atoms with Crippen LogP contribution < -0.4 is 4.74 Å². The van der Waals surface area contributed by atoms with E-state index in [0.717, 1.165) is 0 Å². The molecule has 2 aromatic carbocycles. The van der Waals surface area contributed by atoms with Gasteiger partial charge in [0.2, 0.25) is 21.7 Å². The van der Waals surface area contributed by atoms with E-state index in [9.17, 15) is 12.8 Å². The van der Waals surface area contributed by atoms with Gasteiger partial charge in [-0.1, -0.05) is 17.3 Å². The molecule has 1 aromatic heterocycles. The zero-order valence-electron chi connectivity index (χ0n) is 16.5. The number of ether oxygens (including phenoxy) is 1. The van der Waals surface area contributed by atoms with Gasteiger partial charge >= 0.3 is 0 Å². The highest BCUT2D eigenvalue weighted by Gasteiger charge is 2.33. The lowest BCUT2D eigenvalue weighted by atomic mass is 9.98. The lowest BCUT2D eigenvalue weighted by molar-refractivity contribution is 0.269. The summed E-state index contributed by atoms with van der Waals surface area (Å²) in [6.45, 7) is 2.91. The van der Waals surface area contributed by atoms with Gasteiger partial charge in [-0.2, -0.15) is 9.29 Å². The molecule has 0 aliphatic carbocycles. The van der Waals surface area contributed by atoms with Crippen molar-refractivity contribution < 1.29 is 22.1 Å². The van der Waals surface area contributed by atoms with Gasteiger partial charge < -0.3 is 9.26 Å². The Balaban J connectivity index is 1.46. The van der Waals surface area contributed by atoms with E-state index in [1.54, 1.807) is 36.4 Å². The standard InChI is InChI=1S/C21H22FN3O4S/c1-2-28-18-5-3-4-6-19(18)30(26,27)25-13-11-16(12-14-25)21-23-20(24-29-21)15-7-9-17(22)10-8-15/h3-10,16H,2,11-14H2,1H3. The molecule has 1 aliphatic heterocycles. The second kappa shape index (κ2) is 8.53. The van der Waals surface area contributed by atoms with Crippen LogP contribution in [0.3, 0.4) is 0 Å². The Bertz CT molecular complexity index is 1110. The van der Waals surface area contributed by atoms with Crippen molar-refractivity contribution in [3.05, 3.63) is 60.2 Å². The summed E-state index contributed by atoms with van der Waals surface area (Å²) in [5.74, 6) is 0.872. The van der Waals surface area contributed by atoms with E-state index in [0.29, 0.717) is 55.6 Å². The molecular formula is C21H22FN3O4S. The fourth-order valence-electron chi connectivity index (χ4n) is 3.54. The van der Waals surface area contributed by atoms with Crippen molar-refractivity contribution in [1.29, 1.82) is 0 Å². The van der Waals surface area contributed by atoms with Crippen molar-refractivity contribution in [2.45, 2.75) is 30.6 Å². The first-order chi connectivity index (χ1) is 14.5. The zero-order valence-corrected chi connectivity index (χ0v) is 17.3. The third-order valence-corrected chi connectivity index (χ3v) is 7.05. The van der Waals surface area contributed by atoms with Crippen molar-refractivity contribution >= 4 is 10.0 Å². The van der Waals surface area contributed by atoms with Gasteiger partial charge in [0, 0.05) is 24.6 Å². The first-order valence-corrected chi connectivity index (χ1v) is 11.2. The minimum Gasteiger partial charge on any atom is -0.492 e. The van der Waals surface area contributed by atoms with E-state index in [4.69, 9.17) is 9.26 Å². The quantitative estimate of drug-likeness (QED) is 0.589. The number of sulfonamides is 1. The van der Waals surface area contributed by atoms with Gasteiger partial charge in [0.1, 0.15) is 16.5 Å². The van der Waals surface area contributed by atoms with Gasteiger partial charge in [-0.25, -0.2) is 12.8 Å². The molecular weight excluding hydrogens is 409 g/mol. The van der Waals surface area contributed by atoms with Gasteiger partial charge in [-0.15, -0.1) is 0 Å². The second-order valence-electron chi connectivity index (χ2n) is 7.02. The second-order valence-corrected chi connectivity index (χ2v) is 8.93. The molecule has 1 saturated heterocycles. The highest BCUT2D eigenvalue weighted by atomic mass is 32.2. The molecule has 0 amide bonds. The lowest BCUT2D eigenvalue weighted by Crippen LogP contribution is -2.38. The maximum Gasteiger partial charge on any atom is 0.246 e. The van der Waals surface area contributed by atoms with E-state index in [2.05, 4.69) is 10.1 Å². The first-order valence-electron chi connectivity index (χ1n) is 9.80. The van der Waals surface area contributed by atoms with Crippen molar-refractivity contribution in [3.63, 3.8) is 0 Å². The van der Waals surface area contributed by atoms with Gasteiger partial charge in [0.25, 0.3) is 0 Å². The molecule has 2 heterocycles. The summed E-state index contributed by atoms with van der Waals surface area (Å²) < 4.78 is 51.7. The predicted octanol–water partition coefficient (Wildman–Crippen LogP) is 3.84. The molecule has 1 aliphatic rings. The third-order valence-electron chi connectivity index (χ3n) is 5.11. The minimum atomic E-state index is -3.66. The van der Waals surface area contributed by atoms with Crippen molar-refractivity contribution in [3.8, 4) is 17.1 Å². The summed E-state index contributed by atoms with van der Waals surface area (Å²) in [4.78, 5) is 4.61. The Hall–Kier alpha value is -2.78. The van der Waals surface area contributed by atoms with Crippen LogP contribution in [0.2, 0.25) is 0 Å². The van der Waals surface area contributed by atoms with Gasteiger partial charge in [0.05, 0.1) is 6.61 Å². The molecule has 0 unspecified atom stereocenters. The van der Waals surface area contributed by atoms with E-state index < -0.39 is 10.0 Å². The first kappa shape index (κ1) is 20.5. The summed E-state index contributed by atoms with van der Waals surface area (Å²) in [5, 5.41) is 3.98. The van der Waals surface area contributed by atoms with Crippen LogP contribution in [0.1, 0.15) is 31.6 Å². The maximum atomic E-state index is 13.1. The van der Waals surface area contributed by atoms with Crippen molar-refractivity contribution in [1.82, 2.24) is 14.4 Å². The molecule has 4 rings (SSSR count). The molecule has 0 atom stereocenters. The van der Waals surface area contributed by atoms with Crippen LogP contribution >= 0.6 is 0 Å². The van der Waals surface area contributed by atoms with Crippen LogP contribution in [0.5, 0.6) is 5.75 Å². The van der Waals surface area contributed by atoms with Gasteiger partial charge in [0.15, 0.2) is 0 Å². The molecule has 0 radical (unpaired) electrons. The van der Waals surface area contributed by atoms with Crippen LogP contribution in [0.15, 0.2) is 57.9 Å². The van der Waals surface area contributed by atoms with E-state index in [1.807, 2.05) is 6.92 Å². The SMILES string of the molecule is CCOc1ccccc1S(=O)(=O)N1CCC(c2nc(-c3ccc(F)cc3)no2)CC1. The summed E-state index contributed by atoms with van der Waals surface area (Å²) in [7, 11) is -3.66. The Morgan fingerprint density at radius 3 is 2.53 bits per heavy atom. The van der Waals surface area contributed by atoms with Gasteiger partial charge in [-0.05, 0) is 56.2 Å². The molecule has 158 valence electrons. The molecule has 1 fully saturated rings. The van der Waals surface area contributed by atoms with Crippen molar-refractivity contribution in [2.75, 3.05) is 19.7 Å². The van der Waals surface area contributed by atoms with E-state index >= 15 is 0 Å². The molecule has 3 aromatic rings. The highest BCUT2D eigenvalue weighted by Crippen LogP contribution is 2.33. The van der Waals surface area contributed by atoms with Crippen LogP contribution in [0.25, 0.3) is 11.4 Å². The van der Waals surface area contributed by atoms with Crippen LogP contribution in [-0.4, -0.2) is 42.6 Å². The topological polar surface area (TPSA) is 85.5 Å². The van der Waals surface area contributed by atoms with Crippen LogP contribution in [0.4, 0.5) is 4.39 Å². The summed E-state index contributed by atoms with van der Waals surface area (Å²) in [5.41, 5.74) is 0.666. The minimum absolute atomic E-state index is 0.0275. The number of halogens is 1.